The third kappa shape index (κ3) is 3.29. The Morgan fingerprint density at radius 2 is 2.17 bits per heavy atom. The van der Waals surface area contributed by atoms with Crippen molar-refractivity contribution in [3.8, 4) is 5.88 Å². The molecule has 2 aromatic heterocycles. The summed E-state index contributed by atoms with van der Waals surface area (Å²) in [7, 11) is 0. The average molecular weight is 345 g/mol. The summed E-state index contributed by atoms with van der Waals surface area (Å²) < 4.78 is 44.8. The van der Waals surface area contributed by atoms with E-state index in [0.717, 1.165) is 23.9 Å². The molecule has 0 amide bonds. The molecule has 3 rings (SSSR count). The molecule has 0 spiro atoms. The topological polar surface area (TPSA) is 75.8 Å². The fraction of sp³-hybridized carbons (Fsp3) is 0.643. The Morgan fingerprint density at radius 1 is 1.38 bits per heavy atom. The summed E-state index contributed by atoms with van der Waals surface area (Å²) in [6.45, 7) is 3.28. The SMILES string of the molecule is CCOc1cc(CN2CCC[C@@H]2CO)nc2nc(C(F)(F)F)nn12. The standard InChI is InChI=1S/C14H18F3N5O2/c1-2-24-11-6-9(7-21-5-3-4-10(21)8-23)18-13-19-12(14(15,16)17)20-22(11)13/h6,10,23H,2-5,7-8H2,1H3/t10-/m1/s1. The van der Waals surface area contributed by atoms with E-state index in [1.165, 1.54) is 0 Å². The van der Waals surface area contributed by atoms with Crippen LogP contribution in [0.3, 0.4) is 0 Å². The largest absolute Gasteiger partial charge is 0.478 e. The zero-order valence-electron chi connectivity index (χ0n) is 13.1. The van der Waals surface area contributed by atoms with Gasteiger partial charge in [0, 0.05) is 18.7 Å². The maximum absolute atomic E-state index is 12.8. The van der Waals surface area contributed by atoms with E-state index in [9.17, 15) is 18.3 Å². The van der Waals surface area contributed by atoms with Crippen molar-refractivity contribution >= 4 is 5.78 Å². The molecule has 0 saturated carbocycles. The van der Waals surface area contributed by atoms with Crippen LogP contribution in [-0.4, -0.2) is 55.4 Å². The van der Waals surface area contributed by atoms with Gasteiger partial charge >= 0.3 is 6.18 Å². The van der Waals surface area contributed by atoms with Gasteiger partial charge in [0.15, 0.2) is 0 Å². The van der Waals surface area contributed by atoms with E-state index in [4.69, 9.17) is 4.74 Å². The van der Waals surface area contributed by atoms with Gasteiger partial charge in [-0.3, -0.25) is 4.90 Å². The number of aromatic nitrogens is 4. The van der Waals surface area contributed by atoms with E-state index >= 15 is 0 Å². The van der Waals surface area contributed by atoms with Crippen molar-refractivity contribution < 1.29 is 23.0 Å². The molecule has 1 atom stereocenters. The number of hydrogen-bond acceptors (Lipinski definition) is 6. The van der Waals surface area contributed by atoms with Gasteiger partial charge < -0.3 is 9.84 Å². The van der Waals surface area contributed by atoms with Crippen LogP contribution in [0.4, 0.5) is 13.2 Å². The highest BCUT2D eigenvalue weighted by Gasteiger charge is 2.37. The maximum Gasteiger partial charge on any atom is 0.453 e. The molecule has 2 aromatic rings. The van der Waals surface area contributed by atoms with Gasteiger partial charge in [-0.15, -0.1) is 5.10 Å². The van der Waals surface area contributed by atoms with Crippen molar-refractivity contribution in [2.24, 2.45) is 0 Å². The minimum atomic E-state index is -4.64. The Kier molecular flexibility index (Phi) is 4.59. The van der Waals surface area contributed by atoms with Crippen molar-refractivity contribution in [1.82, 2.24) is 24.5 Å². The normalized spacial score (nSPS) is 19.3. The fourth-order valence-electron chi connectivity index (χ4n) is 2.86. The van der Waals surface area contributed by atoms with Crippen LogP contribution in [0, 0.1) is 0 Å². The number of likely N-dealkylation sites (tertiary alicyclic amines) is 1. The van der Waals surface area contributed by atoms with Crippen molar-refractivity contribution in [1.29, 1.82) is 0 Å². The summed E-state index contributed by atoms with van der Waals surface area (Å²) in [5.41, 5.74) is 0.535. The lowest BCUT2D eigenvalue weighted by Crippen LogP contribution is -2.32. The first-order valence-corrected chi connectivity index (χ1v) is 7.74. The fourth-order valence-corrected chi connectivity index (χ4v) is 2.86. The predicted molar refractivity (Wildman–Crippen MR) is 77.5 cm³/mol. The molecule has 0 radical (unpaired) electrons. The third-order valence-corrected chi connectivity index (χ3v) is 3.95. The molecule has 1 saturated heterocycles. The van der Waals surface area contributed by atoms with Crippen LogP contribution in [0.25, 0.3) is 5.78 Å². The van der Waals surface area contributed by atoms with Crippen LogP contribution in [0.1, 0.15) is 31.3 Å². The first kappa shape index (κ1) is 16.9. The Hall–Kier alpha value is -1.94. The van der Waals surface area contributed by atoms with Crippen LogP contribution < -0.4 is 4.74 Å². The van der Waals surface area contributed by atoms with E-state index in [0.29, 0.717) is 12.2 Å². The molecular formula is C14H18F3N5O2. The van der Waals surface area contributed by atoms with Gasteiger partial charge in [-0.1, -0.05) is 0 Å². The van der Waals surface area contributed by atoms with E-state index < -0.39 is 12.0 Å². The van der Waals surface area contributed by atoms with Crippen molar-refractivity contribution in [3.63, 3.8) is 0 Å². The van der Waals surface area contributed by atoms with Gasteiger partial charge in [-0.25, -0.2) is 4.98 Å². The van der Waals surface area contributed by atoms with E-state index in [1.54, 1.807) is 13.0 Å². The molecule has 1 fully saturated rings. The van der Waals surface area contributed by atoms with Gasteiger partial charge in [0.05, 0.1) is 18.9 Å². The molecule has 10 heteroatoms. The van der Waals surface area contributed by atoms with Crippen LogP contribution in [0.2, 0.25) is 0 Å². The number of alkyl halides is 3. The second-order valence-electron chi connectivity index (χ2n) is 5.61. The maximum atomic E-state index is 12.8. The molecule has 0 unspecified atom stereocenters. The van der Waals surface area contributed by atoms with Gasteiger partial charge in [0.1, 0.15) is 0 Å². The minimum absolute atomic E-state index is 0.0437. The smallest absolute Gasteiger partial charge is 0.453 e. The van der Waals surface area contributed by atoms with Crippen LogP contribution in [0.5, 0.6) is 5.88 Å². The highest BCUT2D eigenvalue weighted by Crippen LogP contribution is 2.28. The molecule has 0 aliphatic carbocycles. The quantitative estimate of drug-likeness (QED) is 0.885. The minimum Gasteiger partial charge on any atom is -0.478 e. The van der Waals surface area contributed by atoms with Crippen molar-refractivity contribution in [3.05, 3.63) is 17.6 Å². The average Bonchev–Trinajstić information content (AvgIpc) is 3.13. The van der Waals surface area contributed by atoms with E-state index in [2.05, 4.69) is 20.0 Å². The summed E-state index contributed by atoms with van der Waals surface area (Å²) in [6, 6.07) is 1.61. The number of ether oxygens (including phenoxy) is 1. The first-order chi connectivity index (χ1) is 11.4. The predicted octanol–water partition coefficient (Wildman–Crippen LogP) is 1.50. The first-order valence-electron chi connectivity index (χ1n) is 7.74. The molecular weight excluding hydrogens is 327 g/mol. The summed E-state index contributed by atoms with van der Waals surface area (Å²) in [5.74, 6) is -1.23. The molecule has 1 aliphatic heterocycles. The highest BCUT2D eigenvalue weighted by molar-refractivity contribution is 5.35. The molecule has 1 N–H and O–H groups in total. The molecule has 0 bridgehead atoms. The number of rotatable bonds is 5. The van der Waals surface area contributed by atoms with E-state index in [1.807, 2.05) is 0 Å². The number of nitrogens with zero attached hydrogens (tertiary/aromatic N) is 5. The summed E-state index contributed by atoms with van der Waals surface area (Å²) in [4.78, 5) is 9.69. The molecule has 1 aliphatic rings. The Labute approximate surface area is 136 Å². The zero-order chi connectivity index (χ0) is 17.3. The summed E-state index contributed by atoms with van der Waals surface area (Å²) >= 11 is 0. The molecule has 7 nitrogen and oxygen atoms in total. The summed E-state index contributed by atoms with van der Waals surface area (Å²) in [5, 5.41) is 12.8. The van der Waals surface area contributed by atoms with Crippen LogP contribution >= 0.6 is 0 Å². The lowest BCUT2D eigenvalue weighted by molar-refractivity contribution is -0.144. The Morgan fingerprint density at radius 3 is 2.83 bits per heavy atom. The number of hydrogen-bond donors (Lipinski definition) is 1. The van der Waals surface area contributed by atoms with Gasteiger partial charge in [-0.05, 0) is 26.3 Å². The third-order valence-electron chi connectivity index (χ3n) is 3.95. The molecule has 132 valence electrons. The van der Waals surface area contributed by atoms with E-state index in [-0.39, 0.29) is 30.9 Å². The molecule has 3 heterocycles. The zero-order valence-corrected chi connectivity index (χ0v) is 13.1. The monoisotopic (exact) mass is 345 g/mol. The van der Waals surface area contributed by atoms with Crippen molar-refractivity contribution in [2.75, 3.05) is 19.8 Å². The highest BCUT2D eigenvalue weighted by atomic mass is 19.4. The number of aliphatic hydroxyl groups is 1. The summed E-state index contributed by atoms with van der Waals surface area (Å²) in [6.07, 6.45) is -2.79. The molecule has 24 heavy (non-hydrogen) atoms. The van der Waals surface area contributed by atoms with Crippen LogP contribution in [0.15, 0.2) is 6.07 Å². The second-order valence-corrected chi connectivity index (χ2v) is 5.61. The Bertz CT molecular complexity index is 718. The molecule has 0 aromatic carbocycles. The van der Waals surface area contributed by atoms with Crippen molar-refractivity contribution in [2.45, 2.75) is 38.5 Å². The van der Waals surface area contributed by atoms with Gasteiger partial charge in [0.2, 0.25) is 5.88 Å². The Balaban J connectivity index is 1.96. The second kappa shape index (κ2) is 6.52. The lowest BCUT2D eigenvalue weighted by Gasteiger charge is -2.22. The van der Waals surface area contributed by atoms with Crippen LogP contribution in [-0.2, 0) is 12.7 Å². The van der Waals surface area contributed by atoms with Gasteiger partial charge in [-0.2, -0.15) is 22.7 Å². The number of halogens is 3. The number of fused-ring (bicyclic) bond motifs is 1. The van der Waals surface area contributed by atoms with Gasteiger partial charge in [0.25, 0.3) is 11.6 Å². The lowest BCUT2D eigenvalue weighted by atomic mass is 10.2. The number of aliphatic hydroxyl groups excluding tert-OH is 1.